The molecule has 2 heterocycles. The molecular formula is C11H16ClN5O2S. The van der Waals surface area contributed by atoms with Crippen LogP contribution in [0.3, 0.4) is 0 Å². The first-order chi connectivity index (χ1) is 9.20. The summed E-state index contributed by atoms with van der Waals surface area (Å²) < 4.78 is 26.3. The van der Waals surface area contributed by atoms with E-state index in [-0.39, 0.29) is 11.1 Å². The number of aryl methyl sites for hydroxylation is 2. The SMILES string of the molecule is Cc1cc(-c2nnc(S(=O)(=O)Cl)n2CC(C)C)n(C)n1. The van der Waals surface area contributed by atoms with Crippen LogP contribution in [0.15, 0.2) is 11.2 Å². The van der Waals surface area contributed by atoms with Crippen molar-refractivity contribution in [1.82, 2.24) is 24.5 Å². The summed E-state index contributed by atoms with van der Waals surface area (Å²) in [5.41, 5.74) is 1.51. The highest BCUT2D eigenvalue weighted by molar-refractivity contribution is 8.13. The van der Waals surface area contributed by atoms with E-state index in [4.69, 9.17) is 10.7 Å². The van der Waals surface area contributed by atoms with Gasteiger partial charge in [0.05, 0.1) is 5.69 Å². The summed E-state index contributed by atoms with van der Waals surface area (Å²) in [4.78, 5) is 0. The Balaban J connectivity index is 2.65. The molecule has 0 fully saturated rings. The minimum Gasteiger partial charge on any atom is -0.295 e. The zero-order valence-corrected chi connectivity index (χ0v) is 13.3. The van der Waals surface area contributed by atoms with Crippen molar-refractivity contribution in [3.05, 3.63) is 11.8 Å². The van der Waals surface area contributed by atoms with Crippen LogP contribution >= 0.6 is 10.7 Å². The zero-order chi connectivity index (χ0) is 15.1. The van der Waals surface area contributed by atoms with Crippen molar-refractivity contribution in [3.63, 3.8) is 0 Å². The van der Waals surface area contributed by atoms with Gasteiger partial charge in [-0.05, 0) is 18.9 Å². The molecule has 0 radical (unpaired) electrons. The lowest BCUT2D eigenvalue weighted by atomic mass is 10.2. The predicted molar refractivity (Wildman–Crippen MR) is 74.8 cm³/mol. The number of rotatable bonds is 4. The first-order valence-electron chi connectivity index (χ1n) is 6.09. The second kappa shape index (κ2) is 5.17. The Hall–Kier alpha value is -1.41. The van der Waals surface area contributed by atoms with E-state index < -0.39 is 9.05 Å². The van der Waals surface area contributed by atoms with E-state index in [9.17, 15) is 8.42 Å². The topological polar surface area (TPSA) is 82.7 Å². The van der Waals surface area contributed by atoms with Gasteiger partial charge >= 0.3 is 0 Å². The third-order valence-corrected chi connectivity index (χ3v) is 3.87. The van der Waals surface area contributed by atoms with Crippen molar-refractivity contribution in [2.75, 3.05) is 0 Å². The standard InChI is InChI=1S/C11H16ClN5O2S/c1-7(2)6-17-10(9-5-8(3)15-16(9)4)13-14-11(17)20(12,18)19/h5,7H,6H2,1-4H3. The molecule has 0 bridgehead atoms. The van der Waals surface area contributed by atoms with E-state index in [1.165, 1.54) is 4.57 Å². The quantitative estimate of drug-likeness (QED) is 0.799. The molecule has 0 aromatic carbocycles. The molecule has 0 spiro atoms. The van der Waals surface area contributed by atoms with Crippen LogP contribution in [0.2, 0.25) is 0 Å². The normalized spacial score (nSPS) is 12.3. The Labute approximate surface area is 122 Å². The van der Waals surface area contributed by atoms with Gasteiger partial charge in [-0.3, -0.25) is 9.25 Å². The lowest BCUT2D eigenvalue weighted by Crippen LogP contribution is -2.12. The lowest BCUT2D eigenvalue weighted by Gasteiger charge is -2.11. The maximum absolute atomic E-state index is 11.6. The Morgan fingerprint density at radius 3 is 2.45 bits per heavy atom. The van der Waals surface area contributed by atoms with E-state index in [1.807, 2.05) is 26.8 Å². The van der Waals surface area contributed by atoms with Crippen molar-refractivity contribution in [3.8, 4) is 11.5 Å². The molecule has 0 N–H and O–H groups in total. The Bertz CT molecular complexity index is 732. The van der Waals surface area contributed by atoms with E-state index in [0.717, 1.165) is 5.69 Å². The van der Waals surface area contributed by atoms with Crippen molar-refractivity contribution in [2.45, 2.75) is 32.5 Å². The number of hydrogen-bond donors (Lipinski definition) is 0. The van der Waals surface area contributed by atoms with Crippen LogP contribution in [-0.4, -0.2) is 33.0 Å². The van der Waals surface area contributed by atoms with Gasteiger partial charge in [0.1, 0.15) is 5.69 Å². The highest BCUT2D eigenvalue weighted by Gasteiger charge is 2.25. The molecule has 0 aliphatic carbocycles. The fourth-order valence-electron chi connectivity index (χ4n) is 2.01. The molecule has 20 heavy (non-hydrogen) atoms. The molecule has 2 aromatic rings. The van der Waals surface area contributed by atoms with Crippen LogP contribution in [0.1, 0.15) is 19.5 Å². The number of nitrogens with zero attached hydrogens (tertiary/aromatic N) is 5. The number of hydrogen-bond acceptors (Lipinski definition) is 5. The maximum Gasteiger partial charge on any atom is 0.296 e. The van der Waals surface area contributed by atoms with Crippen molar-refractivity contribution < 1.29 is 8.42 Å². The van der Waals surface area contributed by atoms with Crippen molar-refractivity contribution in [2.24, 2.45) is 13.0 Å². The summed E-state index contributed by atoms with van der Waals surface area (Å²) in [5.74, 6) is 0.664. The molecular weight excluding hydrogens is 302 g/mol. The van der Waals surface area contributed by atoms with Crippen molar-refractivity contribution >= 4 is 19.7 Å². The van der Waals surface area contributed by atoms with E-state index in [1.54, 1.807) is 11.7 Å². The third kappa shape index (κ3) is 2.85. The van der Waals surface area contributed by atoms with Crippen LogP contribution in [0.4, 0.5) is 0 Å². The first kappa shape index (κ1) is 15.0. The smallest absolute Gasteiger partial charge is 0.295 e. The molecule has 0 atom stereocenters. The molecule has 0 unspecified atom stereocenters. The molecule has 0 saturated carbocycles. The fourth-order valence-corrected chi connectivity index (χ4v) is 2.91. The monoisotopic (exact) mass is 317 g/mol. The van der Waals surface area contributed by atoms with Gasteiger partial charge in [-0.25, -0.2) is 8.42 Å². The molecule has 0 saturated heterocycles. The summed E-state index contributed by atoms with van der Waals surface area (Å²) >= 11 is 0. The largest absolute Gasteiger partial charge is 0.296 e. The summed E-state index contributed by atoms with van der Waals surface area (Å²) in [5, 5.41) is 11.7. The fraction of sp³-hybridized carbons (Fsp3) is 0.545. The van der Waals surface area contributed by atoms with Crippen LogP contribution in [0.25, 0.3) is 11.5 Å². The van der Waals surface area contributed by atoms with Gasteiger partial charge in [-0.15, -0.1) is 10.2 Å². The summed E-state index contributed by atoms with van der Waals surface area (Å²) in [7, 11) is 3.25. The summed E-state index contributed by atoms with van der Waals surface area (Å²) in [6, 6.07) is 1.82. The molecule has 2 aromatic heterocycles. The third-order valence-electron chi connectivity index (χ3n) is 2.71. The second-order valence-electron chi connectivity index (χ2n) is 5.04. The van der Waals surface area contributed by atoms with Crippen LogP contribution in [0, 0.1) is 12.8 Å². The number of halogens is 1. The average Bonchev–Trinajstić information content (AvgIpc) is 2.80. The molecule has 110 valence electrons. The minimum absolute atomic E-state index is 0.219. The van der Waals surface area contributed by atoms with E-state index in [2.05, 4.69) is 15.3 Å². The van der Waals surface area contributed by atoms with E-state index in [0.29, 0.717) is 18.1 Å². The first-order valence-corrected chi connectivity index (χ1v) is 8.40. The number of aromatic nitrogens is 5. The van der Waals surface area contributed by atoms with Crippen LogP contribution in [-0.2, 0) is 22.6 Å². The Kier molecular flexibility index (Phi) is 3.88. The second-order valence-corrected chi connectivity index (χ2v) is 7.50. The Morgan fingerprint density at radius 2 is 2.00 bits per heavy atom. The highest BCUT2D eigenvalue weighted by Crippen LogP contribution is 2.23. The van der Waals surface area contributed by atoms with Crippen LogP contribution in [0.5, 0.6) is 0 Å². The van der Waals surface area contributed by atoms with Gasteiger partial charge in [-0.2, -0.15) is 5.10 Å². The minimum atomic E-state index is -3.94. The van der Waals surface area contributed by atoms with E-state index >= 15 is 0 Å². The average molecular weight is 318 g/mol. The van der Waals surface area contributed by atoms with Gasteiger partial charge in [0.25, 0.3) is 14.2 Å². The Morgan fingerprint density at radius 1 is 1.35 bits per heavy atom. The molecule has 7 nitrogen and oxygen atoms in total. The zero-order valence-electron chi connectivity index (χ0n) is 11.7. The van der Waals surface area contributed by atoms with Gasteiger partial charge in [0.15, 0.2) is 5.82 Å². The predicted octanol–water partition coefficient (Wildman–Crippen LogP) is 1.57. The van der Waals surface area contributed by atoms with Gasteiger partial charge in [0, 0.05) is 24.3 Å². The van der Waals surface area contributed by atoms with Crippen LogP contribution < -0.4 is 0 Å². The van der Waals surface area contributed by atoms with Gasteiger partial charge in [-0.1, -0.05) is 13.8 Å². The van der Waals surface area contributed by atoms with Gasteiger partial charge in [0.2, 0.25) is 0 Å². The molecule has 2 rings (SSSR count). The van der Waals surface area contributed by atoms with Gasteiger partial charge < -0.3 is 0 Å². The highest BCUT2D eigenvalue weighted by atomic mass is 35.7. The summed E-state index contributed by atoms with van der Waals surface area (Å²) in [6.45, 7) is 6.26. The lowest BCUT2D eigenvalue weighted by molar-refractivity contribution is 0.487. The molecule has 0 amide bonds. The molecule has 0 aliphatic rings. The van der Waals surface area contributed by atoms with Crippen molar-refractivity contribution in [1.29, 1.82) is 0 Å². The molecule has 9 heteroatoms. The summed E-state index contributed by atoms with van der Waals surface area (Å²) in [6.07, 6.45) is 0. The molecule has 0 aliphatic heterocycles. The maximum atomic E-state index is 11.6.